The molecule has 0 aromatic heterocycles. The van der Waals surface area contributed by atoms with Crippen LogP contribution in [0.3, 0.4) is 0 Å². The van der Waals surface area contributed by atoms with E-state index in [1.807, 2.05) is 330 Å². The van der Waals surface area contributed by atoms with E-state index in [1.54, 1.807) is 42.7 Å². The highest BCUT2D eigenvalue weighted by Crippen LogP contribution is 2.45. The minimum Gasteiger partial charge on any atom is -0.412 e. The lowest BCUT2D eigenvalue weighted by Gasteiger charge is -2.32. The van der Waals surface area contributed by atoms with Gasteiger partial charge < -0.3 is 72.6 Å². The van der Waals surface area contributed by atoms with Crippen molar-refractivity contribution in [2.24, 2.45) is 88.5 Å². The average Bonchev–Trinajstić information content (AvgIpc) is 0.750. The Morgan fingerprint density at radius 2 is 0.366 bits per heavy atom. The van der Waals surface area contributed by atoms with Crippen molar-refractivity contribution in [3.63, 3.8) is 0 Å². The smallest absolute Gasteiger partial charge is 0.149 e. The van der Waals surface area contributed by atoms with Gasteiger partial charge >= 0.3 is 0 Å². The number of para-hydroxylation sites is 4. The molecule has 0 bridgehead atoms. The number of hydrogen-bond donors (Lipinski definition) is 16. The van der Waals surface area contributed by atoms with Gasteiger partial charge in [0.2, 0.25) is 0 Å². The Labute approximate surface area is 790 Å². The molecule has 30 N–H and O–H groups in total. The Kier molecular flexibility index (Phi) is 53.7. The van der Waals surface area contributed by atoms with Gasteiger partial charge in [-0.1, -0.05) is 243 Å². The fourth-order valence-electron chi connectivity index (χ4n) is 12.5. The van der Waals surface area contributed by atoms with Gasteiger partial charge in [-0.2, -0.15) is 101 Å². The van der Waals surface area contributed by atoms with Crippen molar-refractivity contribution in [1.82, 2.24) is 0 Å². The Balaban J connectivity index is 0.000000332. The summed E-state index contributed by atoms with van der Waals surface area (Å²) in [5.74, 6) is 86.2. The topological polar surface area (TPSA) is 529 Å². The summed E-state index contributed by atoms with van der Waals surface area (Å²) in [5.41, 5.74) is 10.2. The van der Waals surface area contributed by atoms with Crippen LogP contribution < -0.4 is 161 Å². The van der Waals surface area contributed by atoms with Gasteiger partial charge in [0.25, 0.3) is 0 Å². The fourth-order valence-corrected chi connectivity index (χ4v) is 12.5. The minimum atomic E-state index is -0.437. The lowest BCUT2D eigenvalue weighted by molar-refractivity contribution is 0.332. The van der Waals surface area contributed by atoms with Gasteiger partial charge in [-0.05, 0) is 275 Å². The van der Waals surface area contributed by atoms with E-state index in [9.17, 15) is 0 Å². The van der Waals surface area contributed by atoms with Crippen LogP contribution in [0.2, 0.25) is 0 Å². The molecule has 0 spiro atoms. The molecular weight excluding hydrogens is 1720 g/mol. The van der Waals surface area contributed by atoms with Gasteiger partial charge in [0.15, 0.2) is 0 Å². The third kappa shape index (κ3) is 36.7. The van der Waals surface area contributed by atoms with Gasteiger partial charge in [0, 0.05) is 17.3 Å². The molecule has 0 unspecified atom stereocenters. The van der Waals surface area contributed by atoms with Gasteiger partial charge in [-0.3, -0.25) is 0 Å². The van der Waals surface area contributed by atoms with E-state index in [2.05, 4.69) is 99.8 Å². The second kappa shape index (κ2) is 64.4. The van der Waals surface area contributed by atoms with E-state index in [1.165, 1.54) is 19.3 Å². The summed E-state index contributed by atoms with van der Waals surface area (Å²) in [6, 6.07) is 108. The highest BCUT2D eigenvalue weighted by atomic mass is 32.1. The quantitative estimate of drug-likeness (QED) is 0.0161. The zero-order valence-electron chi connectivity index (χ0n) is 77.4. The summed E-state index contributed by atoms with van der Waals surface area (Å²) < 4.78 is 0. The summed E-state index contributed by atoms with van der Waals surface area (Å²) in [7, 11) is 0. The Hall–Kier alpha value is -14.4. The standard InChI is InChI=1S/C26H26N4O4.C20H21N3O3.2C10H10N2O2.3C7H9NO.C6H7NO.3C3H8.CH4S/c27-31-21-9-1-17(2-10-21)25(18-3-11-22(32-28)12-4-18)26(19-5-13-23(33-29)14-6-19)20-7-15-24(34-30)16-8-20;1-20(14-2-8-17(24-21)9-3-14,15-4-10-18(25-22)11-5-15)16-6-12-19(26-23)13-7-16;2*11-13-9-3-1-7-2-4-10(14-12)6-8(7)5-9;3*1-6-4-2-3-5-7(6)9-8;7-8-6-4-2-1-3-5-6;3*1-3-2;1-2/h1-16,25-26H,27-30H2;2-13H,21-23H2,1H3;2*1-6H,11-12H2;3*2-5H,8H2,1H3;1-5H,7H2;3*3H2,1-2H3;2H,1H3. The maximum atomic E-state index is 5.35. The Morgan fingerprint density at radius 3 is 0.530 bits per heavy atom. The van der Waals surface area contributed by atoms with Crippen molar-refractivity contribution in [3.8, 4) is 86.2 Å². The van der Waals surface area contributed by atoms with Gasteiger partial charge in [-0.15, -0.1) is 0 Å². The van der Waals surface area contributed by atoms with Crippen molar-refractivity contribution >= 4 is 34.2 Å². The molecule has 0 saturated carbocycles. The van der Waals surface area contributed by atoms with Crippen LogP contribution in [0, 0.1) is 20.8 Å². The van der Waals surface area contributed by atoms with E-state index < -0.39 is 5.41 Å². The third-order valence-corrected chi connectivity index (χ3v) is 19.2. The molecular formula is C103H129N15O15S. The SMILES string of the molecule is CC(c1ccc(ON)cc1)(c1ccc(ON)cc1)c1ccc(ON)cc1.CCC.CCC.CCC.CS.Cc1ccccc1ON.Cc1ccccc1ON.Cc1ccccc1ON.NOc1ccc(C(c2ccc(ON)cc2)C(c2ccc(ON)cc2)c2ccc(ON)cc2)cc1.NOc1ccc2ccc(ON)cc2c1.NOc1ccc2ccc(ON)cc2c1.NOc1ccccc1. The van der Waals surface area contributed by atoms with Crippen LogP contribution in [0.15, 0.2) is 346 Å². The lowest BCUT2D eigenvalue weighted by atomic mass is 9.71. The molecule has 31 heteroatoms. The number of benzene rings is 15. The number of hydrogen-bond acceptors (Lipinski definition) is 31. The predicted molar refractivity (Wildman–Crippen MR) is 537 cm³/mol. The van der Waals surface area contributed by atoms with Gasteiger partial charge in [-0.25, -0.2) is 0 Å². The number of nitrogens with two attached hydrogens (primary N) is 15. The highest BCUT2D eigenvalue weighted by Gasteiger charge is 2.32. The number of thiol groups is 1. The maximum Gasteiger partial charge on any atom is 0.149 e. The molecule has 0 heterocycles. The van der Waals surface area contributed by atoms with E-state index in [-0.39, 0.29) is 11.8 Å². The molecule has 0 amide bonds. The summed E-state index contributed by atoms with van der Waals surface area (Å²) in [6.45, 7) is 20.7. The Morgan fingerprint density at radius 1 is 0.201 bits per heavy atom. The third-order valence-electron chi connectivity index (χ3n) is 19.2. The molecule has 0 atom stereocenters. The van der Waals surface area contributed by atoms with Crippen LogP contribution in [0.25, 0.3) is 21.5 Å². The van der Waals surface area contributed by atoms with Crippen LogP contribution in [0.5, 0.6) is 86.2 Å². The molecule has 15 aromatic carbocycles. The summed E-state index contributed by atoms with van der Waals surface area (Å²) in [5, 5.41) is 4.09. The van der Waals surface area contributed by atoms with Crippen LogP contribution in [0.4, 0.5) is 0 Å². The van der Waals surface area contributed by atoms with Crippen molar-refractivity contribution in [2.75, 3.05) is 6.26 Å². The summed E-state index contributed by atoms with van der Waals surface area (Å²) in [4.78, 5) is 70.5. The van der Waals surface area contributed by atoms with Crippen LogP contribution in [-0.2, 0) is 5.41 Å². The predicted octanol–water partition coefficient (Wildman–Crippen LogP) is 18.6. The van der Waals surface area contributed by atoms with Crippen molar-refractivity contribution in [2.45, 2.75) is 106 Å². The summed E-state index contributed by atoms with van der Waals surface area (Å²) in [6.07, 6.45) is 5.44. The van der Waals surface area contributed by atoms with E-state index in [4.69, 9.17) is 122 Å². The minimum absolute atomic E-state index is 0.0899. The van der Waals surface area contributed by atoms with Crippen LogP contribution in [-0.4, -0.2) is 6.26 Å². The molecule has 0 aliphatic carbocycles. The second-order valence-electron chi connectivity index (χ2n) is 28.8. The molecule has 15 rings (SSSR count). The average molecular weight is 1850 g/mol. The number of aryl methyl sites for hydroxylation is 3. The molecule has 134 heavy (non-hydrogen) atoms. The maximum absolute atomic E-state index is 5.35. The normalized spacial score (nSPS) is 9.83. The Bertz CT molecular complexity index is 5080. The largest absolute Gasteiger partial charge is 0.412 e. The van der Waals surface area contributed by atoms with Crippen LogP contribution >= 0.6 is 12.6 Å². The number of fused-ring (bicyclic) bond motifs is 2. The first-order valence-electron chi connectivity index (χ1n) is 42.1. The zero-order chi connectivity index (χ0) is 98.4. The first kappa shape index (κ1) is 112. The van der Waals surface area contributed by atoms with Gasteiger partial charge in [0.1, 0.15) is 86.2 Å². The second-order valence-corrected chi connectivity index (χ2v) is 28.8. The van der Waals surface area contributed by atoms with Crippen molar-refractivity contribution in [1.29, 1.82) is 0 Å². The molecule has 0 aliphatic heterocycles. The summed E-state index contributed by atoms with van der Waals surface area (Å²) >= 11 is 3.53. The molecule has 0 aliphatic rings. The van der Waals surface area contributed by atoms with E-state index >= 15 is 0 Å². The van der Waals surface area contributed by atoms with Crippen molar-refractivity contribution < 1.29 is 72.6 Å². The molecule has 0 radical (unpaired) electrons. The number of rotatable bonds is 23. The first-order valence-corrected chi connectivity index (χ1v) is 43.0. The molecule has 30 nitrogen and oxygen atoms in total. The molecule has 0 saturated heterocycles. The first-order chi connectivity index (χ1) is 65.1. The zero-order valence-corrected chi connectivity index (χ0v) is 78.3. The molecule has 15 aromatic rings. The monoisotopic (exact) mass is 1850 g/mol. The van der Waals surface area contributed by atoms with E-state index in [0.29, 0.717) is 69.0 Å². The lowest BCUT2D eigenvalue weighted by Crippen LogP contribution is -2.25. The van der Waals surface area contributed by atoms with Gasteiger partial charge in [0.05, 0.1) is 0 Å². The van der Waals surface area contributed by atoms with Crippen molar-refractivity contribution in [3.05, 3.63) is 401 Å². The molecule has 0 fully saturated rings. The van der Waals surface area contributed by atoms with E-state index in [0.717, 1.165) is 94.4 Å². The highest BCUT2D eigenvalue weighted by molar-refractivity contribution is 7.79. The van der Waals surface area contributed by atoms with Crippen LogP contribution in [0.1, 0.15) is 135 Å². The fraction of sp³-hybridized carbons (Fsp3) is 0.165. The molecule has 712 valence electrons.